The zero-order chi connectivity index (χ0) is 15.0. The SMILES string of the molecule is Cc1ccc(CCC2CC3CCCC3(C(=O)O)C2)c(C)c1. The van der Waals surface area contributed by atoms with Crippen LogP contribution in [0.25, 0.3) is 0 Å². The lowest BCUT2D eigenvalue weighted by Crippen LogP contribution is -2.30. The van der Waals surface area contributed by atoms with Crippen LogP contribution >= 0.6 is 0 Å². The fourth-order valence-electron chi connectivity index (χ4n) is 4.83. The van der Waals surface area contributed by atoms with Gasteiger partial charge in [0.05, 0.1) is 5.41 Å². The van der Waals surface area contributed by atoms with Gasteiger partial charge in [0.25, 0.3) is 0 Å². The second kappa shape index (κ2) is 5.47. The lowest BCUT2D eigenvalue weighted by molar-refractivity contribution is -0.150. The van der Waals surface area contributed by atoms with Crippen LogP contribution in [0.5, 0.6) is 0 Å². The molecule has 1 aromatic carbocycles. The number of hydrogen-bond donors (Lipinski definition) is 1. The number of benzene rings is 1. The Morgan fingerprint density at radius 3 is 2.86 bits per heavy atom. The number of carbonyl (C=O) groups is 1. The molecule has 0 heterocycles. The molecule has 2 aliphatic rings. The minimum Gasteiger partial charge on any atom is -0.481 e. The first-order valence-corrected chi connectivity index (χ1v) is 8.31. The molecule has 0 radical (unpaired) electrons. The molecular weight excluding hydrogens is 260 g/mol. The molecule has 0 amide bonds. The molecule has 3 unspecified atom stereocenters. The van der Waals surface area contributed by atoms with Gasteiger partial charge in [-0.15, -0.1) is 0 Å². The van der Waals surface area contributed by atoms with Crippen LogP contribution in [0.4, 0.5) is 0 Å². The molecule has 114 valence electrons. The van der Waals surface area contributed by atoms with E-state index in [-0.39, 0.29) is 5.41 Å². The van der Waals surface area contributed by atoms with Gasteiger partial charge in [0, 0.05) is 0 Å². The molecule has 2 saturated carbocycles. The molecule has 21 heavy (non-hydrogen) atoms. The van der Waals surface area contributed by atoms with Crippen molar-refractivity contribution in [1.29, 1.82) is 0 Å². The Labute approximate surface area is 127 Å². The summed E-state index contributed by atoms with van der Waals surface area (Å²) >= 11 is 0. The van der Waals surface area contributed by atoms with Gasteiger partial charge in [-0.05, 0) is 75.3 Å². The van der Waals surface area contributed by atoms with Gasteiger partial charge in [-0.3, -0.25) is 4.79 Å². The highest BCUT2D eigenvalue weighted by Crippen LogP contribution is 2.57. The van der Waals surface area contributed by atoms with E-state index < -0.39 is 5.97 Å². The average Bonchev–Trinajstić information content (AvgIpc) is 2.95. The third-order valence-electron chi connectivity index (χ3n) is 5.97. The summed E-state index contributed by atoms with van der Waals surface area (Å²) in [5.74, 6) is 0.519. The molecule has 3 atom stereocenters. The van der Waals surface area contributed by atoms with E-state index in [9.17, 15) is 9.90 Å². The van der Waals surface area contributed by atoms with Crippen LogP contribution in [-0.2, 0) is 11.2 Å². The second-order valence-electron chi connectivity index (χ2n) is 7.32. The molecule has 0 aliphatic heterocycles. The van der Waals surface area contributed by atoms with Gasteiger partial charge in [0.15, 0.2) is 0 Å². The maximum Gasteiger partial charge on any atom is 0.309 e. The number of hydrogen-bond acceptors (Lipinski definition) is 1. The van der Waals surface area contributed by atoms with Gasteiger partial charge < -0.3 is 5.11 Å². The van der Waals surface area contributed by atoms with Crippen molar-refractivity contribution in [1.82, 2.24) is 0 Å². The fraction of sp³-hybridized carbons (Fsp3) is 0.632. The monoisotopic (exact) mass is 286 g/mol. The number of aliphatic carboxylic acids is 1. The van der Waals surface area contributed by atoms with Crippen LogP contribution in [0.3, 0.4) is 0 Å². The van der Waals surface area contributed by atoms with Crippen molar-refractivity contribution in [3.05, 3.63) is 34.9 Å². The quantitative estimate of drug-likeness (QED) is 0.883. The van der Waals surface area contributed by atoms with E-state index in [1.807, 2.05) is 0 Å². The van der Waals surface area contributed by atoms with E-state index in [1.54, 1.807) is 0 Å². The predicted molar refractivity (Wildman–Crippen MR) is 84.4 cm³/mol. The van der Waals surface area contributed by atoms with Crippen LogP contribution in [0.15, 0.2) is 18.2 Å². The highest BCUT2D eigenvalue weighted by atomic mass is 16.4. The van der Waals surface area contributed by atoms with E-state index in [0.717, 1.165) is 44.9 Å². The fourth-order valence-corrected chi connectivity index (χ4v) is 4.83. The molecule has 0 saturated heterocycles. The van der Waals surface area contributed by atoms with Crippen molar-refractivity contribution in [2.45, 2.75) is 58.8 Å². The van der Waals surface area contributed by atoms with Gasteiger partial charge in [-0.2, -0.15) is 0 Å². The van der Waals surface area contributed by atoms with Gasteiger partial charge >= 0.3 is 5.97 Å². The van der Waals surface area contributed by atoms with Crippen molar-refractivity contribution < 1.29 is 9.90 Å². The van der Waals surface area contributed by atoms with E-state index in [1.165, 1.54) is 16.7 Å². The van der Waals surface area contributed by atoms with Crippen LogP contribution in [0, 0.1) is 31.1 Å². The smallest absolute Gasteiger partial charge is 0.309 e. The molecule has 0 aromatic heterocycles. The number of carboxylic acids is 1. The Hall–Kier alpha value is -1.31. The highest BCUT2D eigenvalue weighted by Gasteiger charge is 2.54. The van der Waals surface area contributed by atoms with E-state index >= 15 is 0 Å². The summed E-state index contributed by atoms with van der Waals surface area (Å²) in [6, 6.07) is 6.68. The Balaban J connectivity index is 1.64. The lowest BCUT2D eigenvalue weighted by Gasteiger charge is -2.23. The normalized spacial score (nSPS) is 31.3. The number of fused-ring (bicyclic) bond motifs is 1. The Kier molecular flexibility index (Phi) is 3.81. The molecule has 1 aromatic rings. The zero-order valence-corrected chi connectivity index (χ0v) is 13.2. The van der Waals surface area contributed by atoms with E-state index in [4.69, 9.17) is 0 Å². The summed E-state index contributed by atoms with van der Waals surface area (Å²) in [6.07, 6.45) is 7.45. The van der Waals surface area contributed by atoms with E-state index in [2.05, 4.69) is 32.0 Å². The first kappa shape index (κ1) is 14.6. The summed E-state index contributed by atoms with van der Waals surface area (Å²) in [5, 5.41) is 9.65. The summed E-state index contributed by atoms with van der Waals surface area (Å²) in [4.78, 5) is 11.7. The summed E-state index contributed by atoms with van der Waals surface area (Å²) in [7, 11) is 0. The standard InChI is InChI=1S/C19H26O2/c1-13-5-7-16(14(2)10-13)8-6-15-11-17-4-3-9-19(17,12-15)18(20)21/h5,7,10,15,17H,3-4,6,8-9,11-12H2,1-2H3,(H,20,21). The first-order chi connectivity index (χ1) is 10.0. The number of carboxylic acid groups (broad SMARTS) is 1. The van der Waals surface area contributed by atoms with Gasteiger partial charge in [-0.25, -0.2) is 0 Å². The van der Waals surface area contributed by atoms with Gasteiger partial charge in [-0.1, -0.05) is 30.2 Å². The molecule has 2 aliphatic carbocycles. The zero-order valence-electron chi connectivity index (χ0n) is 13.2. The molecule has 2 heteroatoms. The van der Waals surface area contributed by atoms with Crippen LogP contribution in [0.1, 0.15) is 55.2 Å². The lowest BCUT2D eigenvalue weighted by atomic mass is 9.80. The van der Waals surface area contributed by atoms with Crippen LogP contribution < -0.4 is 0 Å². The van der Waals surface area contributed by atoms with Crippen molar-refractivity contribution in [3.63, 3.8) is 0 Å². The molecule has 2 fully saturated rings. The summed E-state index contributed by atoms with van der Waals surface area (Å²) in [6.45, 7) is 4.32. The predicted octanol–water partition coefficient (Wildman–Crippen LogP) is 4.52. The maximum atomic E-state index is 11.7. The molecule has 0 bridgehead atoms. The summed E-state index contributed by atoms with van der Waals surface area (Å²) in [5.41, 5.74) is 3.76. The Morgan fingerprint density at radius 2 is 2.19 bits per heavy atom. The van der Waals surface area contributed by atoms with Gasteiger partial charge in [0.1, 0.15) is 0 Å². The van der Waals surface area contributed by atoms with Crippen molar-refractivity contribution in [2.24, 2.45) is 17.3 Å². The molecular formula is C19H26O2. The van der Waals surface area contributed by atoms with Crippen LogP contribution in [0.2, 0.25) is 0 Å². The third kappa shape index (κ3) is 2.61. The molecule has 3 rings (SSSR count). The van der Waals surface area contributed by atoms with Crippen LogP contribution in [-0.4, -0.2) is 11.1 Å². The second-order valence-corrected chi connectivity index (χ2v) is 7.32. The molecule has 1 N–H and O–H groups in total. The number of rotatable bonds is 4. The highest BCUT2D eigenvalue weighted by molar-refractivity contribution is 5.76. The molecule has 2 nitrogen and oxygen atoms in total. The van der Waals surface area contributed by atoms with Crippen molar-refractivity contribution >= 4 is 5.97 Å². The minimum absolute atomic E-state index is 0.368. The Morgan fingerprint density at radius 1 is 1.38 bits per heavy atom. The topological polar surface area (TPSA) is 37.3 Å². The molecule has 0 spiro atoms. The number of aryl methyl sites for hydroxylation is 3. The first-order valence-electron chi connectivity index (χ1n) is 8.31. The minimum atomic E-state index is -0.529. The van der Waals surface area contributed by atoms with Crippen molar-refractivity contribution in [3.8, 4) is 0 Å². The Bertz CT molecular complexity index is 548. The summed E-state index contributed by atoms with van der Waals surface area (Å²) < 4.78 is 0. The average molecular weight is 286 g/mol. The maximum absolute atomic E-state index is 11.7. The largest absolute Gasteiger partial charge is 0.481 e. The van der Waals surface area contributed by atoms with E-state index in [0.29, 0.717) is 11.8 Å². The van der Waals surface area contributed by atoms with Crippen molar-refractivity contribution in [2.75, 3.05) is 0 Å². The third-order valence-corrected chi connectivity index (χ3v) is 5.97. The van der Waals surface area contributed by atoms with Gasteiger partial charge in [0.2, 0.25) is 0 Å².